The average Bonchev–Trinajstić information content (AvgIpc) is 2.68. The zero-order chi connectivity index (χ0) is 18.5. The molecule has 1 fully saturated rings. The Morgan fingerprint density at radius 3 is 2.62 bits per heavy atom. The minimum Gasteiger partial charge on any atom is -0.492 e. The fourth-order valence-electron chi connectivity index (χ4n) is 2.96. The van der Waals surface area contributed by atoms with Crippen LogP contribution in [0.25, 0.3) is 0 Å². The Bertz CT molecular complexity index is 504. The van der Waals surface area contributed by atoms with E-state index in [1.54, 1.807) is 0 Å². The fourth-order valence-corrected chi connectivity index (χ4v) is 3.45. The molecule has 0 aromatic heterocycles. The lowest BCUT2D eigenvalue weighted by molar-refractivity contribution is 0.152. The number of ether oxygens (including phenoxy) is 1. The summed E-state index contributed by atoms with van der Waals surface area (Å²) in [6.07, 6.45) is 4.59. The van der Waals surface area contributed by atoms with Crippen LogP contribution >= 0.6 is 11.8 Å². The highest BCUT2D eigenvalue weighted by atomic mass is 32.2. The molecule has 0 saturated carbocycles. The van der Waals surface area contributed by atoms with Crippen LogP contribution in [0.3, 0.4) is 0 Å². The Labute approximate surface area is 163 Å². The van der Waals surface area contributed by atoms with Gasteiger partial charge in [0.25, 0.3) is 0 Å². The molecule has 26 heavy (non-hydrogen) atoms. The number of rotatable bonds is 10. The SMILES string of the molecule is CCNC(=NCCCCSC)N1CCN(CCOc2ccccc2)CC1. The normalized spacial score (nSPS) is 15.9. The molecular formula is C20H34N4OS. The van der Waals surface area contributed by atoms with Crippen LogP contribution in [0.2, 0.25) is 0 Å². The minimum atomic E-state index is 0.744. The fraction of sp³-hybridized carbons (Fsp3) is 0.650. The maximum atomic E-state index is 5.81. The quantitative estimate of drug-likeness (QED) is 0.385. The van der Waals surface area contributed by atoms with Crippen molar-refractivity contribution >= 4 is 17.7 Å². The van der Waals surface area contributed by atoms with Gasteiger partial charge in [-0.25, -0.2) is 0 Å². The summed E-state index contributed by atoms with van der Waals surface area (Å²) in [6.45, 7) is 9.90. The molecule has 0 amide bonds. The molecule has 0 atom stereocenters. The summed E-state index contributed by atoms with van der Waals surface area (Å²) in [5.74, 6) is 3.27. The second-order valence-electron chi connectivity index (χ2n) is 6.43. The van der Waals surface area contributed by atoms with E-state index in [-0.39, 0.29) is 0 Å². The van der Waals surface area contributed by atoms with Crippen LogP contribution in [-0.2, 0) is 0 Å². The zero-order valence-corrected chi connectivity index (χ0v) is 17.1. The second-order valence-corrected chi connectivity index (χ2v) is 7.41. The highest BCUT2D eigenvalue weighted by molar-refractivity contribution is 7.98. The van der Waals surface area contributed by atoms with Gasteiger partial charge in [-0.1, -0.05) is 18.2 Å². The Morgan fingerprint density at radius 1 is 1.15 bits per heavy atom. The molecule has 1 heterocycles. The Hall–Kier alpha value is -1.40. The van der Waals surface area contributed by atoms with Crippen molar-refractivity contribution in [1.82, 2.24) is 15.1 Å². The van der Waals surface area contributed by atoms with Gasteiger partial charge >= 0.3 is 0 Å². The second kappa shape index (κ2) is 12.9. The van der Waals surface area contributed by atoms with Crippen molar-refractivity contribution in [3.63, 3.8) is 0 Å². The first kappa shape index (κ1) is 20.9. The highest BCUT2D eigenvalue weighted by Gasteiger charge is 2.19. The summed E-state index contributed by atoms with van der Waals surface area (Å²) in [5.41, 5.74) is 0. The summed E-state index contributed by atoms with van der Waals surface area (Å²) in [5, 5.41) is 3.45. The molecule has 0 bridgehead atoms. The van der Waals surface area contributed by atoms with Gasteiger partial charge in [-0.3, -0.25) is 9.89 Å². The minimum absolute atomic E-state index is 0.744. The number of para-hydroxylation sites is 1. The first-order chi connectivity index (χ1) is 12.8. The van der Waals surface area contributed by atoms with E-state index in [0.29, 0.717) is 0 Å². The Balaban J connectivity index is 1.68. The van der Waals surface area contributed by atoms with Crippen LogP contribution in [-0.4, -0.2) is 80.2 Å². The van der Waals surface area contributed by atoms with E-state index in [2.05, 4.69) is 28.3 Å². The smallest absolute Gasteiger partial charge is 0.194 e. The maximum absolute atomic E-state index is 5.81. The van der Waals surface area contributed by atoms with Gasteiger partial charge in [0.15, 0.2) is 5.96 Å². The van der Waals surface area contributed by atoms with Gasteiger partial charge < -0.3 is 15.0 Å². The van der Waals surface area contributed by atoms with Gasteiger partial charge in [0, 0.05) is 45.8 Å². The highest BCUT2D eigenvalue weighted by Crippen LogP contribution is 2.09. The van der Waals surface area contributed by atoms with Crippen LogP contribution < -0.4 is 10.1 Å². The number of benzene rings is 1. The largest absolute Gasteiger partial charge is 0.492 e. The van der Waals surface area contributed by atoms with Gasteiger partial charge in [-0.2, -0.15) is 11.8 Å². The Morgan fingerprint density at radius 2 is 1.92 bits per heavy atom. The molecule has 0 radical (unpaired) electrons. The van der Waals surface area contributed by atoms with Crippen LogP contribution in [0, 0.1) is 0 Å². The van der Waals surface area contributed by atoms with Crippen molar-refractivity contribution in [3.8, 4) is 5.75 Å². The lowest BCUT2D eigenvalue weighted by Gasteiger charge is -2.36. The molecule has 6 heteroatoms. The van der Waals surface area contributed by atoms with Gasteiger partial charge in [0.2, 0.25) is 0 Å². The molecular weight excluding hydrogens is 344 g/mol. The number of aliphatic imine (C=N–C) groups is 1. The maximum Gasteiger partial charge on any atom is 0.194 e. The van der Waals surface area contributed by atoms with Crippen molar-refractivity contribution in [2.45, 2.75) is 19.8 Å². The number of unbranched alkanes of at least 4 members (excludes halogenated alkanes) is 1. The van der Waals surface area contributed by atoms with Crippen molar-refractivity contribution < 1.29 is 4.74 Å². The monoisotopic (exact) mass is 378 g/mol. The molecule has 1 N–H and O–H groups in total. The van der Waals surface area contributed by atoms with Crippen molar-refractivity contribution in [2.75, 3.05) is 64.4 Å². The summed E-state index contributed by atoms with van der Waals surface area (Å²) >= 11 is 1.91. The van der Waals surface area contributed by atoms with Crippen LogP contribution in [0.4, 0.5) is 0 Å². The van der Waals surface area contributed by atoms with Crippen LogP contribution in [0.1, 0.15) is 19.8 Å². The molecule has 1 saturated heterocycles. The standard InChI is InChI=1S/C20H34N4OS/c1-3-21-20(22-11-7-8-18-26-2)24-14-12-23(13-15-24)16-17-25-19-9-5-4-6-10-19/h4-6,9-10H,3,7-8,11-18H2,1-2H3,(H,21,22). The first-order valence-corrected chi connectivity index (χ1v) is 11.1. The number of hydrogen-bond donors (Lipinski definition) is 1. The molecule has 1 aromatic rings. The number of piperazine rings is 1. The predicted molar refractivity (Wildman–Crippen MR) is 114 cm³/mol. The van der Waals surface area contributed by atoms with E-state index in [9.17, 15) is 0 Å². The van der Waals surface area contributed by atoms with E-state index >= 15 is 0 Å². The number of hydrogen-bond acceptors (Lipinski definition) is 4. The van der Waals surface area contributed by atoms with E-state index in [1.165, 1.54) is 18.6 Å². The van der Waals surface area contributed by atoms with Crippen molar-refractivity contribution in [1.29, 1.82) is 0 Å². The van der Waals surface area contributed by atoms with Crippen molar-refractivity contribution in [2.24, 2.45) is 4.99 Å². The van der Waals surface area contributed by atoms with Gasteiger partial charge in [0.05, 0.1) is 0 Å². The summed E-state index contributed by atoms with van der Waals surface area (Å²) in [7, 11) is 0. The van der Waals surface area contributed by atoms with Gasteiger partial charge in [-0.05, 0) is 43.9 Å². The number of guanidine groups is 1. The zero-order valence-electron chi connectivity index (χ0n) is 16.3. The van der Waals surface area contributed by atoms with Crippen LogP contribution in [0.15, 0.2) is 35.3 Å². The average molecular weight is 379 g/mol. The van der Waals surface area contributed by atoms with E-state index in [4.69, 9.17) is 9.73 Å². The summed E-state index contributed by atoms with van der Waals surface area (Å²) < 4.78 is 5.81. The third kappa shape index (κ3) is 7.87. The molecule has 1 aromatic carbocycles. The molecule has 0 unspecified atom stereocenters. The third-order valence-corrected chi connectivity index (χ3v) is 5.14. The van der Waals surface area contributed by atoms with Gasteiger partial charge in [0.1, 0.15) is 12.4 Å². The number of nitrogens with zero attached hydrogens (tertiary/aromatic N) is 3. The summed E-state index contributed by atoms with van der Waals surface area (Å²) in [6, 6.07) is 10.1. The van der Waals surface area contributed by atoms with Crippen molar-refractivity contribution in [3.05, 3.63) is 30.3 Å². The van der Waals surface area contributed by atoms with Crippen LogP contribution in [0.5, 0.6) is 5.75 Å². The lowest BCUT2D eigenvalue weighted by Crippen LogP contribution is -2.53. The molecule has 1 aliphatic heterocycles. The Kier molecular flexibility index (Phi) is 10.4. The molecule has 0 spiro atoms. The van der Waals surface area contributed by atoms with Gasteiger partial charge in [-0.15, -0.1) is 0 Å². The van der Waals surface area contributed by atoms with E-state index in [0.717, 1.165) is 64.1 Å². The summed E-state index contributed by atoms with van der Waals surface area (Å²) in [4.78, 5) is 9.68. The van der Waals surface area contributed by atoms with E-state index in [1.807, 2.05) is 42.1 Å². The van der Waals surface area contributed by atoms with E-state index < -0.39 is 0 Å². The number of nitrogens with one attached hydrogen (secondary N) is 1. The topological polar surface area (TPSA) is 40.1 Å². The molecule has 2 rings (SSSR count). The third-order valence-electron chi connectivity index (χ3n) is 4.44. The molecule has 0 aliphatic carbocycles. The lowest BCUT2D eigenvalue weighted by atomic mass is 10.3. The first-order valence-electron chi connectivity index (χ1n) is 9.76. The molecule has 5 nitrogen and oxygen atoms in total. The number of thioether (sulfide) groups is 1. The predicted octanol–water partition coefficient (Wildman–Crippen LogP) is 2.79. The molecule has 146 valence electrons. The molecule has 1 aliphatic rings.